The third-order valence-corrected chi connectivity index (χ3v) is 6.65. The second kappa shape index (κ2) is 6.17. The van der Waals surface area contributed by atoms with Gasteiger partial charge in [-0.1, -0.05) is 32.1 Å². The molecule has 122 valence electrons. The predicted octanol–water partition coefficient (Wildman–Crippen LogP) is 3.35. The second-order valence-corrected chi connectivity index (χ2v) is 7.99. The van der Waals surface area contributed by atoms with Crippen LogP contribution < -0.4 is 0 Å². The van der Waals surface area contributed by atoms with Crippen LogP contribution in [-0.2, 0) is 4.74 Å². The van der Waals surface area contributed by atoms with Gasteiger partial charge in [-0.2, -0.15) is 0 Å². The first-order valence-corrected chi connectivity index (χ1v) is 9.08. The Labute approximate surface area is 130 Å². The summed E-state index contributed by atoms with van der Waals surface area (Å²) < 4.78 is 6.16. The van der Waals surface area contributed by atoms with Crippen LogP contribution in [0.1, 0.15) is 70.6 Å². The number of aliphatic hydroxyl groups excluding tert-OH is 1. The van der Waals surface area contributed by atoms with Crippen molar-refractivity contribution in [2.24, 2.45) is 5.92 Å². The standard InChI is InChI=1S/C18H33NO2/c1-19(2)18(11-4-3-5-12-18)16(20)15-8-13-21-17(14-15)9-6-7-10-17/h15-16,20H,3-14H2,1-2H3. The highest BCUT2D eigenvalue weighted by Crippen LogP contribution is 2.46. The van der Waals surface area contributed by atoms with E-state index in [9.17, 15) is 5.11 Å². The maximum Gasteiger partial charge on any atom is 0.0753 e. The third-order valence-electron chi connectivity index (χ3n) is 6.65. The van der Waals surface area contributed by atoms with Crippen LogP contribution in [0.25, 0.3) is 0 Å². The third kappa shape index (κ3) is 2.89. The van der Waals surface area contributed by atoms with Crippen LogP contribution in [0.2, 0.25) is 0 Å². The maximum absolute atomic E-state index is 11.3. The molecule has 1 spiro atoms. The van der Waals surface area contributed by atoms with E-state index in [0.717, 1.165) is 32.3 Å². The summed E-state index contributed by atoms with van der Waals surface area (Å²) in [6, 6.07) is 0. The SMILES string of the molecule is CN(C)C1(C(O)C2CCOC3(CCCC3)C2)CCCCC1. The van der Waals surface area contributed by atoms with E-state index in [1.54, 1.807) is 0 Å². The summed E-state index contributed by atoms with van der Waals surface area (Å²) in [5.74, 6) is 0.428. The number of rotatable bonds is 3. The lowest BCUT2D eigenvalue weighted by molar-refractivity contribution is -0.141. The molecule has 0 aromatic carbocycles. The molecule has 0 aromatic rings. The Kier molecular flexibility index (Phi) is 4.63. The minimum absolute atomic E-state index is 0.0139. The molecule has 2 aliphatic carbocycles. The summed E-state index contributed by atoms with van der Waals surface area (Å²) in [6.07, 6.45) is 13.2. The van der Waals surface area contributed by atoms with Gasteiger partial charge in [0.15, 0.2) is 0 Å². The van der Waals surface area contributed by atoms with Crippen LogP contribution in [0.3, 0.4) is 0 Å². The Morgan fingerprint density at radius 2 is 1.62 bits per heavy atom. The summed E-state index contributed by atoms with van der Waals surface area (Å²) >= 11 is 0. The molecule has 1 saturated heterocycles. The van der Waals surface area contributed by atoms with E-state index in [4.69, 9.17) is 4.74 Å². The van der Waals surface area contributed by atoms with Gasteiger partial charge in [0.25, 0.3) is 0 Å². The van der Waals surface area contributed by atoms with Crippen molar-refractivity contribution in [1.29, 1.82) is 0 Å². The number of hydrogen-bond donors (Lipinski definition) is 1. The molecule has 2 saturated carbocycles. The minimum atomic E-state index is -0.186. The van der Waals surface area contributed by atoms with Gasteiger partial charge in [-0.05, 0) is 58.5 Å². The lowest BCUT2D eigenvalue weighted by Crippen LogP contribution is -2.59. The van der Waals surface area contributed by atoms with E-state index >= 15 is 0 Å². The van der Waals surface area contributed by atoms with Crippen molar-refractivity contribution in [3.63, 3.8) is 0 Å². The van der Waals surface area contributed by atoms with Gasteiger partial charge >= 0.3 is 0 Å². The van der Waals surface area contributed by atoms with E-state index in [0.29, 0.717) is 5.92 Å². The fraction of sp³-hybridized carbons (Fsp3) is 1.00. The van der Waals surface area contributed by atoms with Crippen LogP contribution >= 0.6 is 0 Å². The molecule has 3 nitrogen and oxygen atoms in total. The molecule has 2 atom stereocenters. The van der Waals surface area contributed by atoms with E-state index < -0.39 is 0 Å². The van der Waals surface area contributed by atoms with Crippen molar-refractivity contribution in [3.8, 4) is 0 Å². The van der Waals surface area contributed by atoms with E-state index in [-0.39, 0.29) is 17.2 Å². The molecule has 1 aliphatic heterocycles. The van der Waals surface area contributed by atoms with E-state index in [2.05, 4.69) is 19.0 Å². The zero-order valence-electron chi connectivity index (χ0n) is 13.9. The van der Waals surface area contributed by atoms with Gasteiger partial charge in [-0.25, -0.2) is 0 Å². The van der Waals surface area contributed by atoms with Crippen LogP contribution in [0.4, 0.5) is 0 Å². The maximum atomic E-state index is 11.3. The van der Waals surface area contributed by atoms with Gasteiger partial charge in [0, 0.05) is 12.1 Å². The molecular formula is C18H33NO2. The normalized spacial score (nSPS) is 33.4. The number of hydrogen-bond acceptors (Lipinski definition) is 3. The molecule has 0 radical (unpaired) electrons. The van der Waals surface area contributed by atoms with Gasteiger partial charge in [0.1, 0.15) is 0 Å². The first kappa shape index (κ1) is 15.8. The quantitative estimate of drug-likeness (QED) is 0.866. The van der Waals surface area contributed by atoms with Gasteiger partial charge < -0.3 is 14.7 Å². The Balaban J connectivity index is 1.74. The lowest BCUT2D eigenvalue weighted by atomic mass is 9.69. The molecule has 0 aromatic heterocycles. The summed E-state index contributed by atoms with van der Waals surface area (Å²) in [7, 11) is 4.33. The molecule has 3 aliphatic rings. The highest BCUT2D eigenvalue weighted by Gasteiger charge is 2.49. The highest BCUT2D eigenvalue weighted by molar-refractivity contribution is 5.02. The molecular weight excluding hydrogens is 262 g/mol. The molecule has 3 fully saturated rings. The molecule has 3 rings (SSSR count). The van der Waals surface area contributed by atoms with Crippen molar-refractivity contribution < 1.29 is 9.84 Å². The van der Waals surface area contributed by atoms with Crippen molar-refractivity contribution in [2.45, 2.75) is 87.9 Å². The minimum Gasteiger partial charge on any atom is -0.391 e. The average Bonchev–Trinajstić information content (AvgIpc) is 2.95. The lowest BCUT2D eigenvalue weighted by Gasteiger charge is -2.51. The van der Waals surface area contributed by atoms with Crippen LogP contribution in [0, 0.1) is 5.92 Å². The molecule has 0 bridgehead atoms. The van der Waals surface area contributed by atoms with Crippen molar-refractivity contribution >= 4 is 0 Å². The largest absolute Gasteiger partial charge is 0.391 e. The summed E-state index contributed by atoms with van der Waals surface area (Å²) in [4.78, 5) is 2.33. The number of aliphatic hydroxyl groups is 1. The fourth-order valence-electron chi connectivity index (χ4n) is 5.31. The second-order valence-electron chi connectivity index (χ2n) is 7.99. The summed E-state index contributed by atoms with van der Waals surface area (Å²) in [6.45, 7) is 0.852. The summed E-state index contributed by atoms with van der Waals surface area (Å²) in [5, 5.41) is 11.3. The smallest absolute Gasteiger partial charge is 0.0753 e. The van der Waals surface area contributed by atoms with Crippen molar-refractivity contribution in [2.75, 3.05) is 20.7 Å². The molecule has 1 N–H and O–H groups in total. The number of likely N-dealkylation sites (N-methyl/N-ethyl adjacent to an activating group) is 1. The molecule has 0 amide bonds. The monoisotopic (exact) mass is 295 g/mol. The van der Waals surface area contributed by atoms with Gasteiger partial charge in [0.2, 0.25) is 0 Å². The van der Waals surface area contributed by atoms with Gasteiger partial charge in [0.05, 0.1) is 11.7 Å². The molecule has 3 heteroatoms. The first-order valence-electron chi connectivity index (χ1n) is 9.08. The van der Waals surface area contributed by atoms with Gasteiger partial charge in [-0.15, -0.1) is 0 Å². The fourth-order valence-corrected chi connectivity index (χ4v) is 5.31. The van der Waals surface area contributed by atoms with Crippen LogP contribution in [0.5, 0.6) is 0 Å². The predicted molar refractivity (Wildman–Crippen MR) is 85.4 cm³/mol. The Morgan fingerprint density at radius 3 is 2.24 bits per heavy atom. The highest BCUT2D eigenvalue weighted by atomic mass is 16.5. The zero-order chi connectivity index (χ0) is 14.9. The Hall–Kier alpha value is -0.120. The Bertz CT molecular complexity index is 343. The first-order chi connectivity index (χ1) is 10.1. The van der Waals surface area contributed by atoms with Crippen molar-refractivity contribution in [3.05, 3.63) is 0 Å². The van der Waals surface area contributed by atoms with Crippen molar-refractivity contribution in [1.82, 2.24) is 4.90 Å². The van der Waals surface area contributed by atoms with Crippen LogP contribution in [0.15, 0.2) is 0 Å². The van der Waals surface area contributed by atoms with E-state index in [1.807, 2.05) is 0 Å². The summed E-state index contributed by atoms with van der Waals surface area (Å²) in [5.41, 5.74) is 0.131. The van der Waals surface area contributed by atoms with E-state index in [1.165, 1.54) is 44.9 Å². The topological polar surface area (TPSA) is 32.7 Å². The van der Waals surface area contributed by atoms with Gasteiger partial charge in [-0.3, -0.25) is 0 Å². The number of nitrogens with zero attached hydrogens (tertiary/aromatic N) is 1. The average molecular weight is 295 g/mol. The van der Waals surface area contributed by atoms with Crippen LogP contribution in [-0.4, -0.2) is 48.0 Å². The number of ether oxygens (including phenoxy) is 1. The Morgan fingerprint density at radius 1 is 1.00 bits per heavy atom. The molecule has 1 heterocycles. The molecule has 2 unspecified atom stereocenters. The zero-order valence-corrected chi connectivity index (χ0v) is 13.9. The molecule has 21 heavy (non-hydrogen) atoms.